The fraction of sp³-hybridized carbons (Fsp3) is 0.571. The highest BCUT2D eigenvalue weighted by molar-refractivity contribution is 5.90. The molecule has 1 saturated heterocycles. The Kier molecular flexibility index (Phi) is 4.31. The van der Waals surface area contributed by atoms with E-state index < -0.39 is 0 Å². The van der Waals surface area contributed by atoms with Crippen molar-refractivity contribution in [3.63, 3.8) is 0 Å². The second-order valence-electron chi connectivity index (χ2n) is 4.63. The summed E-state index contributed by atoms with van der Waals surface area (Å²) in [5, 5.41) is 3.33. The summed E-state index contributed by atoms with van der Waals surface area (Å²) in [6.45, 7) is 6.16. The highest BCUT2D eigenvalue weighted by Crippen LogP contribution is 2.27. The number of nitrogens with one attached hydrogen (secondary N) is 1. The third-order valence-corrected chi connectivity index (χ3v) is 3.29. The van der Waals surface area contributed by atoms with E-state index in [-0.39, 0.29) is 5.97 Å². The summed E-state index contributed by atoms with van der Waals surface area (Å²) in [6.07, 6.45) is 2.06. The molecule has 0 amide bonds. The number of nitrogens with zero attached hydrogens (tertiary/aromatic N) is 1. The second-order valence-corrected chi connectivity index (χ2v) is 4.63. The predicted octanol–water partition coefficient (Wildman–Crippen LogP) is 2.03. The summed E-state index contributed by atoms with van der Waals surface area (Å²) in [7, 11) is 0. The minimum Gasteiger partial charge on any atom is -0.462 e. The largest absolute Gasteiger partial charge is 0.462 e. The number of aromatic nitrogens is 1. The monoisotopic (exact) mass is 248 g/mol. The average Bonchev–Trinajstić information content (AvgIpc) is 2.40. The molecule has 0 radical (unpaired) electrons. The van der Waals surface area contributed by atoms with Crippen molar-refractivity contribution < 1.29 is 9.53 Å². The van der Waals surface area contributed by atoms with Crippen LogP contribution >= 0.6 is 0 Å². The van der Waals surface area contributed by atoms with Gasteiger partial charge in [0.25, 0.3) is 0 Å². The Hall–Kier alpha value is -1.42. The van der Waals surface area contributed by atoms with Gasteiger partial charge in [-0.15, -0.1) is 0 Å². The molecule has 0 unspecified atom stereocenters. The first-order valence-corrected chi connectivity index (χ1v) is 6.57. The minimum atomic E-state index is -0.251. The molecule has 0 saturated carbocycles. The molecular weight excluding hydrogens is 228 g/mol. The van der Waals surface area contributed by atoms with Crippen LogP contribution in [0.5, 0.6) is 0 Å². The smallest absolute Gasteiger partial charge is 0.339 e. The molecule has 2 heterocycles. The van der Waals surface area contributed by atoms with E-state index in [1.165, 1.54) is 0 Å². The number of piperidine rings is 1. The Balaban J connectivity index is 2.30. The molecule has 1 aliphatic heterocycles. The van der Waals surface area contributed by atoms with Gasteiger partial charge in [-0.2, -0.15) is 0 Å². The summed E-state index contributed by atoms with van der Waals surface area (Å²) in [4.78, 5) is 16.5. The van der Waals surface area contributed by atoms with Crippen LogP contribution in [0.2, 0.25) is 0 Å². The summed E-state index contributed by atoms with van der Waals surface area (Å²) >= 11 is 0. The van der Waals surface area contributed by atoms with Crippen LogP contribution in [0.25, 0.3) is 0 Å². The zero-order valence-corrected chi connectivity index (χ0v) is 11.0. The minimum absolute atomic E-state index is 0.251. The van der Waals surface area contributed by atoms with Crippen LogP contribution in [0, 0.1) is 6.92 Å². The summed E-state index contributed by atoms with van der Waals surface area (Å²) in [6, 6.07) is 3.72. The lowest BCUT2D eigenvalue weighted by Crippen LogP contribution is -2.28. The molecule has 0 aliphatic carbocycles. The van der Waals surface area contributed by atoms with Crippen molar-refractivity contribution in [2.45, 2.75) is 32.6 Å². The molecule has 1 aromatic heterocycles. The van der Waals surface area contributed by atoms with Gasteiger partial charge in [-0.3, -0.25) is 4.98 Å². The molecule has 2 rings (SSSR count). The molecular formula is C14H20N2O2. The number of carbonyl (C=O) groups is 1. The third-order valence-electron chi connectivity index (χ3n) is 3.29. The number of carbonyl (C=O) groups excluding carboxylic acids is 1. The number of ether oxygens (including phenoxy) is 1. The van der Waals surface area contributed by atoms with Crippen molar-refractivity contribution in [3.05, 3.63) is 29.1 Å². The van der Waals surface area contributed by atoms with E-state index in [0.717, 1.165) is 37.3 Å². The lowest BCUT2D eigenvalue weighted by Gasteiger charge is -2.24. The third kappa shape index (κ3) is 2.88. The second kappa shape index (κ2) is 5.96. The van der Waals surface area contributed by atoms with Crippen molar-refractivity contribution in [1.29, 1.82) is 0 Å². The van der Waals surface area contributed by atoms with E-state index in [9.17, 15) is 4.79 Å². The highest BCUT2D eigenvalue weighted by Gasteiger charge is 2.23. The molecule has 0 atom stereocenters. The first-order valence-electron chi connectivity index (χ1n) is 6.57. The number of hydrogen-bond donors (Lipinski definition) is 1. The molecule has 1 aliphatic rings. The molecule has 1 fully saturated rings. The first-order chi connectivity index (χ1) is 8.72. The van der Waals surface area contributed by atoms with Crippen LogP contribution in [-0.2, 0) is 4.74 Å². The molecule has 18 heavy (non-hydrogen) atoms. The van der Waals surface area contributed by atoms with Gasteiger partial charge < -0.3 is 10.1 Å². The van der Waals surface area contributed by atoms with Gasteiger partial charge in [0.1, 0.15) is 0 Å². The van der Waals surface area contributed by atoms with Crippen molar-refractivity contribution in [1.82, 2.24) is 10.3 Å². The van der Waals surface area contributed by atoms with Crippen molar-refractivity contribution >= 4 is 5.97 Å². The van der Waals surface area contributed by atoms with Gasteiger partial charge in [0.05, 0.1) is 17.9 Å². The van der Waals surface area contributed by atoms with Crippen LogP contribution in [0.15, 0.2) is 12.1 Å². The number of pyridine rings is 1. The fourth-order valence-corrected chi connectivity index (χ4v) is 2.36. The SMILES string of the molecule is CCOC(=O)c1ccc(C)nc1C1CCNCC1. The zero-order valence-electron chi connectivity index (χ0n) is 11.0. The normalized spacial score (nSPS) is 16.6. The standard InChI is InChI=1S/C14H20N2O2/c1-3-18-14(17)12-5-4-10(2)16-13(12)11-6-8-15-9-7-11/h4-5,11,15H,3,6-9H2,1-2H3. The molecule has 4 nitrogen and oxygen atoms in total. The predicted molar refractivity (Wildman–Crippen MR) is 69.8 cm³/mol. The lowest BCUT2D eigenvalue weighted by molar-refractivity contribution is 0.0523. The van der Waals surface area contributed by atoms with E-state index in [2.05, 4.69) is 10.3 Å². The molecule has 4 heteroatoms. The topological polar surface area (TPSA) is 51.2 Å². The van der Waals surface area contributed by atoms with Gasteiger partial charge in [-0.05, 0) is 51.9 Å². The number of rotatable bonds is 3. The van der Waals surface area contributed by atoms with Crippen molar-refractivity contribution in [2.24, 2.45) is 0 Å². The summed E-state index contributed by atoms with van der Waals surface area (Å²) in [5.74, 6) is 0.115. The summed E-state index contributed by atoms with van der Waals surface area (Å²) < 4.78 is 5.10. The van der Waals surface area contributed by atoms with E-state index in [1.807, 2.05) is 26.0 Å². The van der Waals surface area contributed by atoms with E-state index in [0.29, 0.717) is 18.1 Å². The van der Waals surface area contributed by atoms with Gasteiger partial charge in [0.15, 0.2) is 0 Å². The van der Waals surface area contributed by atoms with Crippen LogP contribution in [-0.4, -0.2) is 30.6 Å². The van der Waals surface area contributed by atoms with Crippen LogP contribution < -0.4 is 5.32 Å². The highest BCUT2D eigenvalue weighted by atomic mass is 16.5. The Labute approximate surface area is 108 Å². The van der Waals surface area contributed by atoms with Crippen LogP contribution in [0.3, 0.4) is 0 Å². The van der Waals surface area contributed by atoms with Crippen LogP contribution in [0.4, 0.5) is 0 Å². The Morgan fingerprint density at radius 2 is 2.17 bits per heavy atom. The van der Waals surface area contributed by atoms with E-state index in [4.69, 9.17) is 4.74 Å². The van der Waals surface area contributed by atoms with Gasteiger partial charge in [-0.25, -0.2) is 4.79 Å². The molecule has 98 valence electrons. The maximum Gasteiger partial charge on any atom is 0.339 e. The Bertz CT molecular complexity index is 426. The zero-order chi connectivity index (χ0) is 13.0. The quantitative estimate of drug-likeness (QED) is 0.832. The number of aryl methyl sites for hydroxylation is 1. The molecule has 0 spiro atoms. The Morgan fingerprint density at radius 3 is 2.83 bits per heavy atom. The maximum atomic E-state index is 11.9. The van der Waals surface area contributed by atoms with Crippen molar-refractivity contribution in [2.75, 3.05) is 19.7 Å². The lowest BCUT2D eigenvalue weighted by atomic mass is 9.91. The van der Waals surface area contributed by atoms with Gasteiger partial charge in [0, 0.05) is 11.6 Å². The Morgan fingerprint density at radius 1 is 1.44 bits per heavy atom. The molecule has 1 N–H and O–H groups in total. The summed E-state index contributed by atoms with van der Waals surface area (Å²) in [5.41, 5.74) is 2.50. The average molecular weight is 248 g/mol. The molecule has 0 aromatic carbocycles. The van der Waals surface area contributed by atoms with E-state index in [1.54, 1.807) is 0 Å². The van der Waals surface area contributed by atoms with Crippen molar-refractivity contribution in [3.8, 4) is 0 Å². The number of hydrogen-bond acceptors (Lipinski definition) is 4. The fourth-order valence-electron chi connectivity index (χ4n) is 2.36. The van der Waals surface area contributed by atoms with Gasteiger partial charge in [0.2, 0.25) is 0 Å². The first kappa shape index (κ1) is 13.0. The van der Waals surface area contributed by atoms with E-state index >= 15 is 0 Å². The molecule has 0 bridgehead atoms. The maximum absolute atomic E-state index is 11.9. The number of esters is 1. The van der Waals surface area contributed by atoms with Gasteiger partial charge in [-0.1, -0.05) is 0 Å². The van der Waals surface area contributed by atoms with Crippen LogP contribution in [0.1, 0.15) is 47.4 Å². The van der Waals surface area contributed by atoms with Gasteiger partial charge >= 0.3 is 5.97 Å². The molecule has 1 aromatic rings.